The number of ether oxygens (including phenoxy) is 1. The Morgan fingerprint density at radius 3 is 2.89 bits per heavy atom. The van der Waals surface area contributed by atoms with Crippen molar-refractivity contribution in [1.82, 2.24) is 39.9 Å². The number of anilines is 3. The summed E-state index contributed by atoms with van der Waals surface area (Å²) in [6.07, 6.45) is 13.4. The summed E-state index contributed by atoms with van der Waals surface area (Å²) >= 11 is 0. The number of amides is 1. The summed E-state index contributed by atoms with van der Waals surface area (Å²) in [5.74, 6) is 4.61. The van der Waals surface area contributed by atoms with Crippen molar-refractivity contribution in [1.29, 1.82) is 0 Å². The molecule has 1 aromatic carbocycles. The predicted octanol–water partition coefficient (Wildman–Crippen LogP) is 2.47. The van der Waals surface area contributed by atoms with Gasteiger partial charge in [-0.05, 0) is 30.3 Å². The maximum atomic E-state index is 11.5. The predicted molar refractivity (Wildman–Crippen MR) is 140 cm³/mol. The van der Waals surface area contributed by atoms with Crippen molar-refractivity contribution in [3.05, 3.63) is 73.6 Å². The number of aromatic nitrogens is 7. The molecule has 186 valence electrons. The van der Waals surface area contributed by atoms with Gasteiger partial charge in [-0.3, -0.25) is 4.79 Å². The Bertz CT molecular complexity index is 1740. The summed E-state index contributed by atoms with van der Waals surface area (Å²) in [6.45, 7) is 4.67. The van der Waals surface area contributed by atoms with Gasteiger partial charge in [0, 0.05) is 31.0 Å². The van der Waals surface area contributed by atoms with Crippen molar-refractivity contribution >= 4 is 40.0 Å². The molecule has 12 nitrogen and oxygen atoms in total. The monoisotopic (exact) mass is 504 g/mol. The first-order chi connectivity index (χ1) is 18.6. The molecule has 0 atom stereocenters. The van der Waals surface area contributed by atoms with Gasteiger partial charge in [-0.2, -0.15) is 5.10 Å². The van der Waals surface area contributed by atoms with Gasteiger partial charge in [-0.15, -0.1) is 6.42 Å². The van der Waals surface area contributed by atoms with Crippen LogP contribution in [-0.4, -0.2) is 59.6 Å². The zero-order chi connectivity index (χ0) is 26.1. The Morgan fingerprint density at radius 2 is 2.05 bits per heavy atom. The van der Waals surface area contributed by atoms with Crippen LogP contribution >= 0.6 is 0 Å². The highest BCUT2D eigenvalue weighted by Gasteiger charge is 2.29. The van der Waals surface area contributed by atoms with Crippen molar-refractivity contribution in [2.75, 3.05) is 23.3 Å². The fourth-order valence-electron chi connectivity index (χ4n) is 4.02. The number of benzene rings is 1. The van der Waals surface area contributed by atoms with Gasteiger partial charge >= 0.3 is 0 Å². The van der Waals surface area contributed by atoms with Crippen LogP contribution < -0.4 is 20.3 Å². The number of carbonyl (C=O) groups is 1. The van der Waals surface area contributed by atoms with Gasteiger partial charge in [0.15, 0.2) is 11.5 Å². The average Bonchev–Trinajstić information content (AvgIpc) is 3.39. The minimum Gasteiger partial charge on any atom is -0.456 e. The van der Waals surface area contributed by atoms with E-state index in [1.54, 1.807) is 41.2 Å². The van der Waals surface area contributed by atoms with Crippen LogP contribution in [0.5, 0.6) is 11.5 Å². The number of pyridine rings is 1. The zero-order valence-corrected chi connectivity index (χ0v) is 19.9. The minimum atomic E-state index is -0.201. The van der Waals surface area contributed by atoms with Crippen LogP contribution in [0.4, 0.5) is 17.5 Å². The SMILES string of the molecule is C#Cc1cc(Nc2ncnc3cnc(N4CC(NC(=O)C=C)C4)nc23)ccc1Oc1ccn2ncnc2c1. The maximum absolute atomic E-state index is 11.5. The lowest BCUT2D eigenvalue weighted by molar-refractivity contribution is -0.117. The van der Waals surface area contributed by atoms with Crippen LogP contribution in [0.15, 0.2) is 68.0 Å². The molecule has 1 aliphatic rings. The quantitative estimate of drug-likeness (QED) is 0.251. The second-order valence-corrected chi connectivity index (χ2v) is 8.45. The Hall–Kier alpha value is -5.57. The molecule has 1 fully saturated rings. The lowest BCUT2D eigenvalue weighted by atomic mass is 10.1. The fourth-order valence-corrected chi connectivity index (χ4v) is 4.02. The van der Waals surface area contributed by atoms with Crippen molar-refractivity contribution < 1.29 is 9.53 Å². The first-order valence-electron chi connectivity index (χ1n) is 11.6. The molecule has 6 rings (SSSR count). The summed E-state index contributed by atoms with van der Waals surface area (Å²) in [4.78, 5) is 35.4. The van der Waals surface area contributed by atoms with Crippen LogP contribution in [0.3, 0.4) is 0 Å². The lowest BCUT2D eigenvalue weighted by Gasteiger charge is -2.39. The van der Waals surface area contributed by atoms with Crippen molar-refractivity contribution in [3.63, 3.8) is 0 Å². The Labute approximate surface area is 216 Å². The van der Waals surface area contributed by atoms with Gasteiger partial charge in [0.05, 0.1) is 17.8 Å². The molecule has 1 aliphatic heterocycles. The van der Waals surface area contributed by atoms with E-state index in [4.69, 9.17) is 11.2 Å². The Balaban J connectivity index is 1.22. The number of carbonyl (C=O) groups excluding carboxylic acids is 1. The number of terminal acetylenes is 1. The van der Waals surface area contributed by atoms with E-state index in [-0.39, 0.29) is 11.9 Å². The maximum Gasteiger partial charge on any atom is 0.243 e. The second kappa shape index (κ2) is 9.47. The molecule has 2 N–H and O–H groups in total. The third-order valence-corrected chi connectivity index (χ3v) is 5.94. The van der Waals surface area contributed by atoms with E-state index in [0.29, 0.717) is 64.3 Å². The molecule has 4 aromatic heterocycles. The van der Waals surface area contributed by atoms with Gasteiger partial charge in [-0.1, -0.05) is 12.5 Å². The van der Waals surface area contributed by atoms with E-state index in [0.717, 1.165) is 0 Å². The van der Waals surface area contributed by atoms with Crippen LogP contribution in [0.2, 0.25) is 0 Å². The fraction of sp³-hybridized carbons (Fsp3) is 0.115. The van der Waals surface area contributed by atoms with E-state index in [2.05, 4.69) is 53.2 Å². The van der Waals surface area contributed by atoms with Gasteiger partial charge in [0.1, 0.15) is 35.2 Å². The molecule has 5 aromatic rings. The molecule has 1 saturated heterocycles. The minimum absolute atomic E-state index is 0.0191. The molecule has 0 spiro atoms. The number of nitrogens with zero attached hydrogens (tertiary/aromatic N) is 8. The number of rotatable bonds is 7. The molecular weight excluding hydrogens is 484 g/mol. The van der Waals surface area contributed by atoms with Gasteiger partial charge in [0.2, 0.25) is 11.9 Å². The number of hydrogen-bond acceptors (Lipinski definition) is 10. The Morgan fingerprint density at radius 1 is 1.16 bits per heavy atom. The molecule has 0 bridgehead atoms. The Kier molecular flexibility index (Phi) is 5.70. The first kappa shape index (κ1) is 22.9. The topological polar surface area (TPSA) is 135 Å². The molecule has 12 heteroatoms. The lowest BCUT2D eigenvalue weighted by Crippen LogP contribution is -2.59. The smallest absolute Gasteiger partial charge is 0.243 e. The van der Waals surface area contributed by atoms with Crippen molar-refractivity contribution in [2.24, 2.45) is 0 Å². The highest BCUT2D eigenvalue weighted by atomic mass is 16.5. The normalized spacial score (nSPS) is 13.1. The summed E-state index contributed by atoms with van der Waals surface area (Å²) in [6, 6.07) is 9.00. The van der Waals surface area contributed by atoms with Crippen LogP contribution in [0, 0.1) is 12.3 Å². The van der Waals surface area contributed by atoms with E-state index in [9.17, 15) is 4.79 Å². The molecule has 0 saturated carbocycles. The molecule has 38 heavy (non-hydrogen) atoms. The highest BCUT2D eigenvalue weighted by molar-refractivity contribution is 5.88. The van der Waals surface area contributed by atoms with E-state index in [1.165, 1.54) is 18.7 Å². The van der Waals surface area contributed by atoms with E-state index >= 15 is 0 Å². The largest absolute Gasteiger partial charge is 0.456 e. The summed E-state index contributed by atoms with van der Waals surface area (Å²) in [7, 11) is 0. The molecule has 5 heterocycles. The average molecular weight is 505 g/mol. The molecule has 0 unspecified atom stereocenters. The summed E-state index contributed by atoms with van der Waals surface area (Å²) < 4.78 is 7.66. The van der Waals surface area contributed by atoms with Gasteiger partial charge in [-0.25, -0.2) is 29.4 Å². The third-order valence-electron chi connectivity index (χ3n) is 5.94. The zero-order valence-electron chi connectivity index (χ0n) is 19.9. The van der Waals surface area contributed by atoms with Crippen LogP contribution in [0.25, 0.3) is 16.7 Å². The van der Waals surface area contributed by atoms with Gasteiger partial charge < -0.3 is 20.3 Å². The van der Waals surface area contributed by atoms with Gasteiger partial charge in [0.25, 0.3) is 0 Å². The highest BCUT2D eigenvalue weighted by Crippen LogP contribution is 2.30. The number of nitrogens with one attached hydrogen (secondary N) is 2. The molecule has 0 aliphatic carbocycles. The van der Waals surface area contributed by atoms with Crippen molar-refractivity contribution in [3.8, 4) is 23.8 Å². The summed E-state index contributed by atoms with van der Waals surface area (Å²) in [5.41, 5.74) is 3.06. The first-order valence-corrected chi connectivity index (χ1v) is 11.6. The van der Waals surface area contributed by atoms with E-state index < -0.39 is 0 Å². The number of hydrogen-bond donors (Lipinski definition) is 2. The molecular formula is C26H20N10O2. The van der Waals surface area contributed by atoms with Crippen molar-refractivity contribution in [2.45, 2.75) is 6.04 Å². The molecule has 1 amide bonds. The molecule has 0 radical (unpaired) electrons. The summed E-state index contributed by atoms with van der Waals surface area (Å²) in [5, 5.41) is 10.2. The van der Waals surface area contributed by atoms with E-state index in [1.807, 2.05) is 11.0 Å². The number of fused-ring (bicyclic) bond motifs is 2. The standard InChI is InChI=1S/C26H20N10O2/c1-3-16-9-17(5-6-21(16)38-19-7-8-36-22(10-19)29-15-31-36)33-25-24-20(28-14-30-25)11-27-26(34-24)35-12-18(13-35)32-23(37)4-2/h1,4-11,14-15,18H,2,12-13H2,(H,32,37)(H,28,30,33). The van der Waals surface area contributed by atoms with Crippen LogP contribution in [0.1, 0.15) is 5.56 Å². The van der Waals surface area contributed by atoms with Crippen LogP contribution in [-0.2, 0) is 4.79 Å². The second-order valence-electron chi connectivity index (χ2n) is 8.45. The third kappa shape index (κ3) is 4.40.